The Morgan fingerprint density at radius 2 is 2.20 bits per heavy atom. The zero-order valence-electron chi connectivity index (χ0n) is 11.3. The minimum atomic E-state index is -0.716. The first kappa shape index (κ1) is 14.8. The molecule has 0 spiro atoms. The second-order valence-electron chi connectivity index (χ2n) is 4.88. The average Bonchev–Trinajstić information content (AvgIpc) is 2.67. The first-order valence-corrected chi connectivity index (χ1v) is 6.89. The average molecular weight is 299 g/mol. The van der Waals surface area contributed by atoms with Gasteiger partial charge in [0.1, 0.15) is 11.9 Å². The number of carbonyl (C=O) groups excluding carboxylic acids is 2. The van der Waals surface area contributed by atoms with Crippen molar-refractivity contribution in [1.82, 2.24) is 4.90 Å². The van der Waals surface area contributed by atoms with Crippen LogP contribution in [0.5, 0.6) is 0 Å². The monoisotopic (exact) mass is 298 g/mol. The van der Waals surface area contributed by atoms with Crippen LogP contribution in [0.15, 0.2) is 18.2 Å². The first-order valence-electron chi connectivity index (χ1n) is 6.51. The zero-order chi connectivity index (χ0) is 14.9. The van der Waals surface area contributed by atoms with Crippen molar-refractivity contribution in [1.29, 1.82) is 0 Å². The largest absolute Gasteiger partial charge is 0.371 e. The van der Waals surface area contributed by atoms with E-state index in [0.717, 1.165) is 6.07 Å². The molecule has 20 heavy (non-hydrogen) atoms. The lowest BCUT2D eigenvalue weighted by Crippen LogP contribution is -2.40. The lowest BCUT2D eigenvalue weighted by atomic mass is 10.2. The summed E-state index contributed by atoms with van der Waals surface area (Å²) in [7, 11) is 0. The number of imide groups is 1. The van der Waals surface area contributed by atoms with E-state index >= 15 is 0 Å². The van der Waals surface area contributed by atoms with Crippen molar-refractivity contribution in [2.45, 2.75) is 38.8 Å². The van der Waals surface area contributed by atoms with Crippen LogP contribution >= 0.6 is 11.6 Å². The van der Waals surface area contributed by atoms with Crippen LogP contribution in [0.2, 0.25) is 5.02 Å². The number of nitrogens with zero attached hydrogens (tertiary/aromatic N) is 1. The molecule has 1 N–H and O–H groups in total. The Labute approximate surface area is 121 Å². The minimum Gasteiger partial charge on any atom is -0.371 e. The third-order valence-electron chi connectivity index (χ3n) is 3.48. The normalized spacial score (nSPS) is 20.4. The number of rotatable bonds is 4. The Morgan fingerprint density at radius 1 is 1.50 bits per heavy atom. The number of carbonyl (C=O) groups is 2. The van der Waals surface area contributed by atoms with Gasteiger partial charge in [0.15, 0.2) is 0 Å². The second-order valence-corrected chi connectivity index (χ2v) is 5.32. The molecule has 0 radical (unpaired) electrons. The van der Waals surface area contributed by atoms with Crippen LogP contribution in [-0.4, -0.2) is 28.8 Å². The van der Waals surface area contributed by atoms with E-state index in [9.17, 15) is 14.0 Å². The van der Waals surface area contributed by atoms with E-state index < -0.39 is 11.9 Å². The molecule has 1 aliphatic rings. The maximum absolute atomic E-state index is 13.7. The Kier molecular flexibility index (Phi) is 4.28. The molecular weight excluding hydrogens is 283 g/mol. The standard InChI is InChI=1S/C14H16ClFN2O2/c1-3-8(2)18-13(19)7-12(14(18)20)17-11-5-4-9(15)6-10(11)16/h4-6,8,12,17H,3,7H2,1-2H3. The fraction of sp³-hybridized carbons (Fsp3) is 0.429. The maximum Gasteiger partial charge on any atom is 0.252 e. The molecule has 1 heterocycles. The summed E-state index contributed by atoms with van der Waals surface area (Å²) < 4.78 is 13.7. The molecule has 2 unspecified atom stereocenters. The maximum atomic E-state index is 13.7. The molecule has 0 aromatic heterocycles. The summed E-state index contributed by atoms with van der Waals surface area (Å²) in [6.45, 7) is 3.73. The lowest BCUT2D eigenvalue weighted by molar-refractivity contribution is -0.140. The molecule has 2 rings (SSSR count). The van der Waals surface area contributed by atoms with Gasteiger partial charge in [-0.1, -0.05) is 18.5 Å². The van der Waals surface area contributed by atoms with Gasteiger partial charge in [-0.15, -0.1) is 0 Å². The number of benzene rings is 1. The molecule has 1 saturated heterocycles. The number of amides is 2. The fourth-order valence-corrected chi connectivity index (χ4v) is 2.36. The van der Waals surface area contributed by atoms with Crippen LogP contribution in [0.25, 0.3) is 0 Å². The number of likely N-dealkylation sites (tertiary alicyclic amines) is 1. The van der Waals surface area contributed by atoms with E-state index in [0.29, 0.717) is 6.42 Å². The Morgan fingerprint density at radius 3 is 2.80 bits per heavy atom. The highest BCUT2D eigenvalue weighted by Crippen LogP contribution is 2.24. The second kappa shape index (κ2) is 5.79. The number of hydrogen-bond acceptors (Lipinski definition) is 3. The van der Waals surface area contributed by atoms with E-state index in [1.165, 1.54) is 17.0 Å². The molecule has 0 aliphatic carbocycles. The van der Waals surface area contributed by atoms with Gasteiger partial charge in [-0.3, -0.25) is 14.5 Å². The van der Waals surface area contributed by atoms with Crippen molar-refractivity contribution in [2.75, 3.05) is 5.32 Å². The smallest absolute Gasteiger partial charge is 0.252 e. The third kappa shape index (κ3) is 2.77. The summed E-state index contributed by atoms with van der Waals surface area (Å²) in [5.41, 5.74) is 0.173. The van der Waals surface area contributed by atoms with Crippen LogP contribution < -0.4 is 5.32 Å². The van der Waals surface area contributed by atoms with Crippen molar-refractivity contribution in [2.24, 2.45) is 0 Å². The van der Waals surface area contributed by atoms with Gasteiger partial charge in [-0.25, -0.2) is 4.39 Å². The number of halogens is 2. The van der Waals surface area contributed by atoms with Crippen molar-refractivity contribution >= 4 is 29.1 Å². The minimum absolute atomic E-state index is 0.0469. The molecule has 0 saturated carbocycles. The predicted molar refractivity (Wildman–Crippen MR) is 75.0 cm³/mol. The Hall–Kier alpha value is -1.62. The SMILES string of the molecule is CCC(C)N1C(=O)CC(Nc2ccc(Cl)cc2F)C1=O. The van der Waals surface area contributed by atoms with E-state index in [1.54, 1.807) is 0 Å². The van der Waals surface area contributed by atoms with E-state index in [1.807, 2.05) is 13.8 Å². The van der Waals surface area contributed by atoms with Crippen LogP contribution in [0.4, 0.5) is 10.1 Å². The molecule has 6 heteroatoms. The van der Waals surface area contributed by atoms with E-state index in [4.69, 9.17) is 11.6 Å². The third-order valence-corrected chi connectivity index (χ3v) is 3.71. The highest BCUT2D eigenvalue weighted by Gasteiger charge is 2.40. The van der Waals surface area contributed by atoms with Gasteiger partial charge in [0, 0.05) is 11.1 Å². The predicted octanol–water partition coefficient (Wildman–Crippen LogP) is 2.82. The number of nitrogens with one attached hydrogen (secondary N) is 1. The van der Waals surface area contributed by atoms with Crippen LogP contribution in [0.1, 0.15) is 26.7 Å². The molecule has 1 aliphatic heterocycles. The summed E-state index contributed by atoms with van der Waals surface area (Å²) in [6, 6.07) is 3.29. The molecule has 2 atom stereocenters. The van der Waals surface area contributed by atoms with Gasteiger partial charge in [-0.05, 0) is 31.5 Å². The summed E-state index contributed by atoms with van der Waals surface area (Å²) in [6.07, 6.45) is 0.741. The molecule has 108 valence electrons. The van der Waals surface area contributed by atoms with Gasteiger partial charge in [0.25, 0.3) is 5.91 Å². The summed E-state index contributed by atoms with van der Waals surface area (Å²) in [5, 5.41) is 3.06. The van der Waals surface area contributed by atoms with Crippen molar-refractivity contribution in [3.8, 4) is 0 Å². The first-order chi connectivity index (χ1) is 9.43. The van der Waals surface area contributed by atoms with E-state index in [2.05, 4.69) is 5.32 Å². The number of anilines is 1. The summed E-state index contributed by atoms with van der Waals surface area (Å²) >= 11 is 5.67. The molecule has 1 aromatic rings. The fourth-order valence-electron chi connectivity index (χ4n) is 2.20. The highest BCUT2D eigenvalue weighted by atomic mass is 35.5. The molecule has 1 fully saturated rings. The van der Waals surface area contributed by atoms with Gasteiger partial charge >= 0.3 is 0 Å². The quantitative estimate of drug-likeness (QED) is 0.870. The summed E-state index contributed by atoms with van der Waals surface area (Å²) in [5.74, 6) is -1.07. The van der Waals surface area contributed by atoms with Gasteiger partial charge in [-0.2, -0.15) is 0 Å². The Balaban J connectivity index is 2.15. The van der Waals surface area contributed by atoms with Crippen molar-refractivity contribution in [3.63, 3.8) is 0 Å². The molecule has 2 amide bonds. The highest BCUT2D eigenvalue weighted by molar-refractivity contribution is 6.30. The van der Waals surface area contributed by atoms with Crippen LogP contribution in [-0.2, 0) is 9.59 Å². The van der Waals surface area contributed by atoms with Crippen molar-refractivity contribution < 1.29 is 14.0 Å². The Bertz CT molecular complexity index is 550. The summed E-state index contributed by atoms with van der Waals surface area (Å²) in [4.78, 5) is 25.3. The molecule has 1 aromatic carbocycles. The topological polar surface area (TPSA) is 49.4 Å². The van der Waals surface area contributed by atoms with Gasteiger partial charge in [0.05, 0.1) is 12.1 Å². The molecule has 0 bridgehead atoms. The van der Waals surface area contributed by atoms with Crippen LogP contribution in [0, 0.1) is 5.82 Å². The lowest BCUT2D eigenvalue weighted by Gasteiger charge is -2.22. The zero-order valence-corrected chi connectivity index (χ0v) is 12.1. The van der Waals surface area contributed by atoms with E-state index in [-0.39, 0.29) is 35.0 Å². The molecular formula is C14H16ClFN2O2. The molecule has 4 nitrogen and oxygen atoms in total. The van der Waals surface area contributed by atoms with Gasteiger partial charge in [0.2, 0.25) is 5.91 Å². The number of hydrogen-bond donors (Lipinski definition) is 1. The van der Waals surface area contributed by atoms with Crippen molar-refractivity contribution in [3.05, 3.63) is 29.0 Å². The van der Waals surface area contributed by atoms with Gasteiger partial charge < -0.3 is 5.32 Å². The van der Waals surface area contributed by atoms with Crippen LogP contribution in [0.3, 0.4) is 0 Å².